The molecule has 192 valence electrons. The number of aromatic nitrogens is 1. The molecule has 1 saturated heterocycles. The van der Waals surface area contributed by atoms with Crippen molar-refractivity contribution in [3.05, 3.63) is 76.5 Å². The monoisotopic (exact) mass is 500 g/mol. The van der Waals surface area contributed by atoms with Crippen molar-refractivity contribution in [3.8, 4) is 11.8 Å². The number of hydrogen-bond donors (Lipinski definition) is 2. The number of quaternary nitrogens is 1. The molecule has 8 heteroatoms. The molecule has 0 bridgehead atoms. The van der Waals surface area contributed by atoms with Crippen molar-refractivity contribution in [1.82, 2.24) is 4.98 Å². The normalized spacial score (nSPS) is 22.1. The van der Waals surface area contributed by atoms with Gasteiger partial charge in [0, 0.05) is 29.5 Å². The summed E-state index contributed by atoms with van der Waals surface area (Å²) in [6, 6.07) is 12.1. The Morgan fingerprint density at radius 2 is 2.05 bits per heavy atom. The predicted molar refractivity (Wildman–Crippen MR) is 140 cm³/mol. The van der Waals surface area contributed by atoms with E-state index in [0.717, 1.165) is 61.1 Å². The van der Waals surface area contributed by atoms with Crippen LogP contribution in [0.15, 0.2) is 65.4 Å². The van der Waals surface area contributed by atoms with Crippen molar-refractivity contribution < 1.29 is 19.2 Å². The molecule has 3 heterocycles. The van der Waals surface area contributed by atoms with Crippen LogP contribution in [0.1, 0.15) is 43.7 Å². The van der Waals surface area contributed by atoms with Crippen LogP contribution >= 0.6 is 0 Å². The van der Waals surface area contributed by atoms with Crippen LogP contribution in [0.3, 0.4) is 0 Å². The first kappa shape index (κ1) is 25.0. The SMILES string of the molecule is COc1ccc(C2C(C#N)=C(N)N(c3cccnc3)C3=C2C(=O)CC(C)(C)C3)cc1C[NH+]1CCOCC1. The topological polar surface area (TPSA) is 106 Å². The molecule has 3 N–H and O–H groups in total. The maximum absolute atomic E-state index is 13.8. The molecular weight excluding hydrogens is 466 g/mol. The summed E-state index contributed by atoms with van der Waals surface area (Å²) in [6.07, 6.45) is 4.50. The number of pyridine rings is 1. The number of ether oxygens (including phenoxy) is 2. The summed E-state index contributed by atoms with van der Waals surface area (Å²) in [5, 5.41) is 10.4. The molecular formula is C29H34N5O3+. The zero-order valence-corrected chi connectivity index (χ0v) is 21.7. The lowest BCUT2D eigenvalue weighted by atomic mass is 9.68. The minimum atomic E-state index is -0.527. The fourth-order valence-corrected chi connectivity index (χ4v) is 5.85. The molecule has 0 saturated carbocycles. The Morgan fingerprint density at radius 1 is 1.27 bits per heavy atom. The van der Waals surface area contributed by atoms with Gasteiger partial charge in [-0.15, -0.1) is 0 Å². The summed E-state index contributed by atoms with van der Waals surface area (Å²) >= 11 is 0. The zero-order valence-electron chi connectivity index (χ0n) is 21.7. The average molecular weight is 501 g/mol. The quantitative estimate of drug-likeness (QED) is 0.650. The van der Waals surface area contributed by atoms with Crippen molar-refractivity contribution in [1.29, 1.82) is 5.26 Å². The van der Waals surface area contributed by atoms with Crippen molar-refractivity contribution >= 4 is 11.5 Å². The zero-order chi connectivity index (χ0) is 26.2. The van der Waals surface area contributed by atoms with E-state index in [1.165, 1.54) is 4.90 Å². The average Bonchev–Trinajstić information content (AvgIpc) is 2.88. The van der Waals surface area contributed by atoms with Gasteiger partial charge in [0.15, 0.2) is 5.78 Å². The minimum Gasteiger partial charge on any atom is -0.496 e. The molecule has 5 rings (SSSR count). The summed E-state index contributed by atoms with van der Waals surface area (Å²) in [6.45, 7) is 8.31. The van der Waals surface area contributed by atoms with Gasteiger partial charge in [0.25, 0.3) is 0 Å². The summed E-state index contributed by atoms with van der Waals surface area (Å²) in [5.74, 6) is 0.680. The van der Waals surface area contributed by atoms with Gasteiger partial charge in [0.05, 0.1) is 49.8 Å². The van der Waals surface area contributed by atoms with Crippen LogP contribution in [0.2, 0.25) is 0 Å². The second kappa shape index (κ2) is 10.0. The number of morpholine rings is 1. The smallest absolute Gasteiger partial charge is 0.162 e. The van der Waals surface area contributed by atoms with Crippen molar-refractivity contribution in [2.45, 2.75) is 39.2 Å². The molecule has 0 amide bonds. The molecule has 1 aromatic heterocycles. The van der Waals surface area contributed by atoms with Gasteiger partial charge in [-0.2, -0.15) is 5.26 Å². The van der Waals surface area contributed by atoms with Gasteiger partial charge in [-0.1, -0.05) is 19.9 Å². The lowest BCUT2D eigenvalue weighted by Gasteiger charge is -2.43. The maximum Gasteiger partial charge on any atom is 0.162 e. The number of anilines is 1. The van der Waals surface area contributed by atoms with Crippen LogP contribution in [0.25, 0.3) is 0 Å². The number of ketones is 1. The number of nitrogens with one attached hydrogen (secondary N) is 1. The number of benzene rings is 1. The molecule has 1 unspecified atom stereocenters. The summed E-state index contributed by atoms with van der Waals surface area (Å²) in [5.41, 5.74) is 11.1. The molecule has 1 aromatic carbocycles. The molecule has 37 heavy (non-hydrogen) atoms. The Morgan fingerprint density at radius 3 is 2.73 bits per heavy atom. The van der Waals surface area contributed by atoms with Gasteiger partial charge < -0.3 is 20.1 Å². The Kier molecular flexibility index (Phi) is 6.76. The second-order valence-corrected chi connectivity index (χ2v) is 10.8. The van der Waals surface area contributed by atoms with Gasteiger partial charge in [0.1, 0.15) is 31.2 Å². The highest BCUT2D eigenvalue weighted by Gasteiger charge is 2.44. The van der Waals surface area contributed by atoms with Gasteiger partial charge in [-0.3, -0.25) is 14.7 Å². The van der Waals surface area contributed by atoms with E-state index in [9.17, 15) is 10.1 Å². The van der Waals surface area contributed by atoms with Crippen LogP contribution in [-0.2, 0) is 16.1 Å². The number of hydrogen-bond acceptors (Lipinski definition) is 7. The third kappa shape index (κ3) is 4.73. The lowest BCUT2D eigenvalue weighted by Crippen LogP contribution is -3.12. The third-order valence-electron chi connectivity index (χ3n) is 7.56. The first-order chi connectivity index (χ1) is 17.8. The molecule has 1 fully saturated rings. The van der Waals surface area contributed by atoms with E-state index in [1.54, 1.807) is 19.5 Å². The van der Waals surface area contributed by atoms with E-state index in [0.29, 0.717) is 29.8 Å². The number of nitrogens with zero attached hydrogens (tertiary/aromatic N) is 3. The molecule has 0 spiro atoms. The highest BCUT2D eigenvalue weighted by atomic mass is 16.5. The maximum atomic E-state index is 13.8. The Hall–Kier alpha value is -3.67. The molecule has 0 radical (unpaired) electrons. The Bertz CT molecular complexity index is 1300. The van der Waals surface area contributed by atoms with Crippen LogP contribution in [-0.4, -0.2) is 44.2 Å². The molecule has 2 aromatic rings. The number of rotatable bonds is 5. The summed E-state index contributed by atoms with van der Waals surface area (Å²) < 4.78 is 11.2. The number of carbonyl (C=O) groups is 1. The fraction of sp³-hybridized carbons (Fsp3) is 0.414. The van der Waals surface area contributed by atoms with Gasteiger partial charge in [0.2, 0.25) is 0 Å². The predicted octanol–water partition coefficient (Wildman–Crippen LogP) is 2.45. The van der Waals surface area contributed by atoms with E-state index < -0.39 is 5.92 Å². The van der Waals surface area contributed by atoms with Crippen LogP contribution in [0.5, 0.6) is 5.75 Å². The van der Waals surface area contributed by atoms with E-state index in [1.807, 2.05) is 29.2 Å². The van der Waals surface area contributed by atoms with Crippen LogP contribution < -0.4 is 20.3 Å². The molecule has 1 aliphatic carbocycles. The highest BCUT2D eigenvalue weighted by molar-refractivity contribution is 6.01. The first-order valence-corrected chi connectivity index (χ1v) is 12.8. The van der Waals surface area contributed by atoms with Crippen LogP contribution in [0.4, 0.5) is 5.69 Å². The molecule has 3 aliphatic rings. The number of nitrogens with two attached hydrogens (primary N) is 1. The van der Waals surface area contributed by atoms with Gasteiger partial charge in [-0.05, 0) is 41.7 Å². The van der Waals surface area contributed by atoms with Crippen molar-refractivity contribution in [2.24, 2.45) is 11.1 Å². The summed E-state index contributed by atoms with van der Waals surface area (Å²) in [4.78, 5) is 21.3. The lowest BCUT2D eigenvalue weighted by molar-refractivity contribution is -0.921. The van der Waals surface area contributed by atoms with Gasteiger partial charge in [-0.25, -0.2) is 0 Å². The number of nitriles is 1. The van der Waals surface area contributed by atoms with Crippen molar-refractivity contribution in [2.75, 3.05) is 38.3 Å². The van der Waals surface area contributed by atoms with E-state index >= 15 is 0 Å². The van der Waals surface area contributed by atoms with E-state index in [2.05, 4.69) is 31.0 Å². The van der Waals surface area contributed by atoms with Gasteiger partial charge >= 0.3 is 0 Å². The standard InChI is InChI=1S/C29H33N5O3/c1-29(2)14-23-27(24(35)15-29)26(22(16-30)28(31)34(23)21-5-4-8-32-17-21)19-6-7-25(36-3)20(13-19)18-33-9-11-37-12-10-33/h4-8,13,17,26H,9-12,14-15,18,31H2,1-3H3/p+1. The molecule has 2 aliphatic heterocycles. The Balaban J connectivity index is 1.66. The fourth-order valence-electron chi connectivity index (χ4n) is 5.85. The van der Waals surface area contributed by atoms with E-state index in [4.69, 9.17) is 15.2 Å². The minimum absolute atomic E-state index is 0.0570. The first-order valence-electron chi connectivity index (χ1n) is 12.8. The highest BCUT2D eigenvalue weighted by Crippen LogP contribution is 2.50. The Labute approximate surface area is 218 Å². The van der Waals surface area contributed by atoms with E-state index in [-0.39, 0.29) is 11.2 Å². The number of Topliss-reactive ketones (excluding diaryl/α,β-unsaturated/α-hetero) is 1. The molecule has 1 atom stereocenters. The second-order valence-electron chi connectivity index (χ2n) is 10.8. The largest absolute Gasteiger partial charge is 0.496 e. The molecule has 8 nitrogen and oxygen atoms in total. The van der Waals surface area contributed by atoms with Crippen LogP contribution in [0, 0.1) is 16.7 Å². The number of methoxy groups -OCH3 is 1. The third-order valence-corrected chi connectivity index (χ3v) is 7.56. The number of carbonyl (C=O) groups excluding carboxylic acids is 1. The van der Waals surface area contributed by atoms with Crippen molar-refractivity contribution in [3.63, 3.8) is 0 Å². The summed E-state index contributed by atoms with van der Waals surface area (Å²) in [7, 11) is 1.67. The number of allylic oxidation sites excluding steroid dienone is 3.